The molecular weight excluding hydrogens is 234 g/mol. The molecular formula is C17H25NO. The standard InChI is InChI=1S/C17H25NO/c1-11(2)19-16-6-4-5-12(10-16)17(18-3)15-8-13-7-14(13)9-15/h4-6,10-11,13-15,17-18H,7-9H2,1-3H3. The normalized spacial score (nSPS) is 30.2. The van der Waals surface area contributed by atoms with Crippen molar-refractivity contribution in [1.82, 2.24) is 5.32 Å². The number of hydrogen-bond acceptors (Lipinski definition) is 2. The molecule has 3 unspecified atom stereocenters. The molecule has 1 N–H and O–H groups in total. The highest BCUT2D eigenvalue weighted by Crippen LogP contribution is 2.57. The van der Waals surface area contributed by atoms with E-state index in [1.165, 1.54) is 24.8 Å². The highest BCUT2D eigenvalue weighted by atomic mass is 16.5. The number of nitrogens with one attached hydrogen (secondary N) is 1. The molecule has 19 heavy (non-hydrogen) atoms. The van der Waals surface area contributed by atoms with Crippen LogP contribution in [0.15, 0.2) is 24.3 Å². The second-order valence-electron chi connectivity index (χ2n) is 6.49. The molecule has 0 amide bonds. The van der Waals surface area contributed by atoms with E-state index in [9.17, 15) is 0 Å². The molecule has 2 fully saturated rings. The van der Waals surface area contributed by atoms with Crippen LogP contribution in [0.5, 0.6) is 5.75 Å². The first-order valence-electron chi connectivity index (χ1n) is 7.61. The molecule has 0 saturated heterocycles. The van der Waals surface area contributed by atoms with Gasteiger partial charge in [0.15, 0.2) is 0 Å². The minimum atomic E-state index is 0.238. The zero-order chi connectivity index (χ0) is 13.4. The summed E-state index contributed by atoms with van der Waals surface area (Å²) >= 11 is 0. The largest absolute Gasteiger partial charge is 0.491 e. The molecule has 2 aliphatic rings. The van der Waals surface area contributed by atoms with Gasteiger partial charge in [0.25, 0.3) is 0 Å². The molecule has 1 aromatic rings. The Bertz CT molecular complexity index is 433. The summed E-state index contributed by atoms with van der Waals surface area (Å²) in [5.41, 5.74) is 1.38. The molecule has 0 aromatic heterocycles. The first-order chi connectivity index (χ1) is 9.17. The minimum absolute atomic E-state index is 0.238. The molecule has 2 nitrogen and oxygen atoms in total. The average molecular weight is 259 g/mol. The van der Waals surface area contributed by atoms with E-state index in [0.717, 1.165) is 23.5 Å². The maximum atomic E-state index is 5.81. The maximum Gasteiger partial charge on any atom is 0.120 e. The quantitative estimate of drug-likeness (QED) is 0.869. The summed E-state index contributed by atoms with van der Waals surface area (Å²) in [5.74, 6) is 3.88. The van der Waals surface area contributed by atoms with Crippen LogP contribution in [0.3, 0.4) is 0 Å². The van der Waals surface area contributed by atoms with Crippen molar-refractivity contribution in [2.75, 3.05) is 7.05 Å². The lowest BCUT2D eigenvalue weighted by molar-refractivity contribution is 0.241. The topological polar surface area (TPSA) is 21.3 Å². The fraction of sp³-hybridized carbons (Fsp3) is 0.647. The van der Waals surface area contributed by atoms with Gasteiger partial charge in [-0.2, -0.15) is 0 Å². The van der Waals surface area contributed by atoms with Gasteiger partial charge in [-0.3, -0.25) is 0 Å². The number of ether oxygens (including phenoxy) is 1. The second-order valence-corrected chi connectivity index (χ2v) is 6.49. The molecule has 2 saturated carbocycles. The van der Waals surface area contributed by atoms with Crippen molar-refractivity contribution >= 4 is 0 Å². The van der Waals surface area contributed by atoms with E-state index >= 15 is 0 Å². The zero-order valence-corrected chi connectivity index (χ0v) is 12.2. The highest BCUT2D eigenvalue weighted by molar-refractivity contribution is 5.31. The van der Waals surface area contributed by atoms with Crippen LogP contribution in [-0.4, -0.2) is 13.2 Å². The molecule has 2 heteroatoms. The number of rotatable bonds is 5. The van der Waals surface area contributed by atoms with E-state index < -0.39 is 0 Å². The van der Waals surface area contributed by atoms with E-state index in [2.05, 4.69) is 50.5 Å². The Morgan fingerprint density at radius 2 is 1.89 bits per heavy atom. The van der Waals surface area contributed by atoms with E-state index in [4.69, 9.17) is 4.74 Å². The van der Waals surface area contributed by atoms with Crippen LogP contribution in [-0.2, 0) is 0 Å². The summed E-state index contributed by atoms with van der Waals surface area (Å²) in [6, 6.07) is 9.11. The van der Waals surface area contributed by atoms with Gasteiger partial charge in [0.2, 0.25) is 0 Å². The third kappa shape index (κ3) is 2.79. The Kier molecular flexibility index (Phi) is 3.53. The van der Waals surface area contributed by atoms with Gasteiger partial charge in [-0.15, -0.1) is 0 Å². The first-order valence-corrected chi connectivity index (χ1v) is 7.61. The fourth-order valence-electron chi connectivity index (χ4n) is 3.76. The summed E-state index contributed by atoms with van der Waals surface area (Å²) in [6.45, 7) is 4.15. The smallest absolute Gasteiger partial charge is 0.120 e. The van der Waals surface area contributed by atoms with Crippen LogP contribution >= 0.6 is 0 Å². The number of fused-ring (bicyclic) bond motifs is 1. The van der Waals surface area contributed by atoms with Crippen LogP contribution in [0.25, 0.3) is 0 Å². The molecule has 3 rings (SSSR count). The van der Waals surface area contributed by atoms with Crippen molar-refractivity contribution in [3.05, 3.63) is 29.8 Å². The maximum absolute atomic E-state index is 5.81. The lowest BCUT2D eigenvalue weighted by atomic mass is 9.89. The summed E-state index contributed by atoms with van der Waals surface area (Å²) in [4.78, 5) is 0. The fourth-order valence-corrected chi connectivity index (χ4v) is 3.76. The minimum Gasteiger partial charge on any atom is -0.491 e. The average Bonchev–Trinajstić information content (AvgIpc) is 2.97. The van der Waals surface area contributed by atoms with Crippen LogP contribution < -0.4 is 10.1 Å². The van der Waals surface area contributed by atoms with E-state index in [0.29, 0.717) is 6.04 Å². The van der Waals surface area contributed by atoms with Crippen molar-refractivity contribution < 1.29 is 4.74 Å². The first kappa shape index (κ1) is 13.0. The van der Waals surface area contributed by atoms with Gasteiger partial charge >= 0.3 is 0 Å². The number of hydrogen-bond donors (Lipinski definition) is 1. The van der Waals surface area contributed by atoms with Gasteiger partial charge in [-0.1, -0.05) is 12.1 Å². The van der Waals surface area contributed by atoms with Gasteiger partial charge in [-0.05, 0) is 75.6 Å². The monoisotopic (exact) mass is 259 g/mol. The van der Waals surface area contributed by atoms with E-state index in [1.807, 2.05) is 0 Å². The summed E-state index contributed by atoms with van der Waals surface area (Å²) < 4.78 is 5.81. The Morgan fingerprint density at radius 1 is 1.16 bits per heavy atom. The van der Waals surface area contributed by atoms with Crippen LogP contribution in [0.1, 0.15) is 44.7 Å². The van der Waals surface area contributed by atoms with Gasteiger partial charge in [0.05, 0.1) is 6.10 Å². The SMILES string of the molecule is CNC(c1cccc(OC(C)C)c1)C1CC2CC2C1. The van der Waals surface area contributed by atoms with Crippen molar-refractivity contribution in [2.24, 2.45) is 17.8 Å². The highest BCUT2D eigenvalue weighted by Gasteiger charge is 2.47. The molecule has 0 radical (unpaired) electrons. The van der Waals surface area contributed by atoms with Crippen LogP contribution in [0.4, 0.5) is 0 Å². The predicted octanol–water partition coefficient (Wildman–Crippen LogP) is 3.78. The van der Waals surface area contributed by atoms with Crippen LogP contribution in [0, 0.1) is 17.8 Å². The van der Waals surface area contributed by atoms with E-state index in [-0.39, 0.29) is 6.10 Å². The predicted molar refractivity (Wildman–Crippen MR) is 78.3 cm³/mol. The molecule has 0 spiro atoms. The van der Waals surface area contributed by atoms with Crippen molar-refractivity contribution in [3.63, 3.8) is 0 Å². The van der Waals surface area contributed by atoms with Crippen molar-refractivity contribution in [1.29, 1.82) is 0 Å². The molecule has 1 aromatic carbocycles. The molecule has 2 aliphatic carbocycles. The zero-order valence-electron chi connectivity index (χ0n) is 12.2. The summed E-state index contributed by atoms with van der Waals surface area (Å²) in [7, 11) is 2.09. The van der Waals surface area contributed by atoms with Crippen molar-refractivity contribution in [2.45, 2.75) is 45.3 Å². The van der Waals surface area contributed by atoms with Gasteiger partial charge in [0, 0.05) is 6.04 Å². The van der Waals surface area contributed by atoms with Gasteiger partial charge in [0.1, 0.15) is 5.75 Å². The molecule has 0 bridgehead atoms. The molecule has 0 heterocycles. The third-order valence-corrected chi connectivity index (χ3v) is 4.65. The van der Waals surface area contributed by atoms with Gasteiger partial charge in [-0.25, -0.2) is 0 Å². The lowest BCUT2D eigenvalue weighted by Crippen LogP contribution is -2.24. The molecule has 104 valence electrons. The van der Waals surface area contributed by atoms with Gasteiger partial charge < -0.3 is 10.1 Å². The third-order valence-electron chi connectivity index (χ3n) is 4.65. The van der Waals surface area contributed by atoms with Crippen LogP contribution in [0.2, 0.25) is 0 Å². The Balaban J connectivity index is 1.74. The molecule has 3 atom stereocenters. The second kappa shape index (κ2) is 5.16. The summed E-state index contributed by atoms with van der Waals surface area (Å²) in [6.07, 6.45) is 4.54. The Labute approximate surface area is 116 Å². The number of benzene rings is 1. The van der Waals surface area contributed by atoms with E-state index in [1.54, 1.807) is 0 Å². The summed E-state index contributed by atoms with van der Waals surface area (Å²) in [5, 5.41) is 3.53. The Hall–Kier alpha value is -1.02. The Morgan fingerprint density at radius 3 is 2.53 bits per heavy atom. The molecule has 0 aliphatic heterocycles. The lowest BCUT2D eigenvalue weighted by Gasteiger charge is -2.25. The van der Waals surface area contributed by atoms with Crippen molar-refractivity contribution in [3.8, 4) is 5.75 Å².